The van der Waals surface area contributed by atoms with Gasteiger partial charge >= 0.3 is 6.18 Å². The van der Waals surface area contributed by atoms with E-state index in [9.17, 15) is 26.7 Å². The van der Waals surface area contributed by atoms with Crippen LogP contribution in [0.5, 0.6) is 5.75 Å². The molecule has 0 heterocycles. The highest BCUT2D eigenvalue weighted by Gasteiger charge is 2.30. The van der Waals surface area contributed by atoms with Gasteiger partial charge in [-0.05, 0) is 12.1 Å². The van der Waals surface area contributed by atoms with E-state index in [4.69, 9.17) is 0 Å². The topological polar surface area (TPSA) is 66.4 Å². The van der Waals surface area contributed by atoms with E-state index in [-0.39, 0.29) is 21.4 Å². The van der Waals surface area contributed by atoms with Crippen LogP contribution in [0, 0.1) is 0 Å². The number of hydrogen-bond donors (Lipinski definition) is 2. The number of halogens is 3. The highest BCUT2D eigenvalue weighted by atomic mass is 32.2. The lowest BCUT2D eigenvalue weighted by molar-refractivity contribution is -0.121. The molecule has 0 saturated heterocycles. The first-order valence-electron chi connectivity index (χ1n) is 5.48. The Hall–Kier alpha value is -1.80. The van der Waals surface area contributed by atoms with Crippen LogP contribution < -0.4 is 4.72 Å². The number of benzene rings is 2. The van der Waals surface area contributed by atoms with Crippen LogP contribution in [-0.4, -0.2) is 26.2 Å². The Morgan fingerprint density at radius 2 is 1.65 bits per heavy atom. The van der Waals surface area contributed by atoms with Crippen molar-refractivity contribution in [3.8, 4) is 5.75 Å². The molecule has 0 saturated carbocycles. The molecule has 20 heavy (non-hydrogen) atoms. The SMILES string of the molecule is O=S(=O)(NCC(F)(F)F)c1ccc(O)c2ccccc12. The number of phenols is 1. The summed E-state index contributed by atoms with van der Waals surface area (Å²) in [6.45, 7) is -1.65. The van der Waals surface area contributed by atoms with Gasteiger partial charge in [0.25, 0.3) is 0 Å². The van der Waals surface area contributed by atoms with E-state index < -0.39 is 22.7 Å². The smallest absolute Gasteiger partial charge is 0.402 e. The molecule has 2 aromatic rings. The maximum atomic E-state index is 12.1. The van der Waals surface area contributed by atoms with Gasteiger partial charge in [-0.3, -0.25) is 0 Å². The number of sulfonamides is 1. The normalized spacial score (nSPS) is 12.8. The fourth-order valence-corrected chi connectivity index (χ4v) is 2.97. The lowest BCUT2D eigenvalue weighted by atomic mass is 10.1. The summed E-state index contributed by atoms with van der Waals surface area (Å²) in [5.74, 6) is -0.143. The molecule has 0 atom stereocenters. The van der Waals surface area contributed by atoms with Crippen LogP contribution in [0.4, 0.5) is 13.2 Å². The average Bonchev–Trinajstić information content (AvgIpc) is 2.36. The average molecular weight is 305 g/mol. The lowest BCUT2D eigenvalue weighted by Crippen LogP contribution is -2.33. The Morgan fingerprint density at radius 1 is 1.05 bits per heavy atom. The quantitative estimate of drug-likeness (QED) is 0.915. The Balaban J connectivity index is 2.50. The fourth-order valence-electron chi connectivity index (χ4n) is 1.74. The van der Waals surface area contributed by atoms with Crippen LogP contribution in [0.15, 0.2) is 41.3 Å². The summed E-state index contributed by atoms with van der Waals surface area (Å²) in [4.78, 5) is -0.310. The third-order valence-corrected chi connectivity index (χ3v) is 4.07. The van der Waals surface area contributed by atoms with Gasteiger partial charge in [-0.15, -0.1) is 0 Å². The van der Waals surface area contributed by atoms with Gasteiger partial charge < -0.3 is 5.11 Å². The zero-order valence-electron chi connectivity index (χ0n) is 9.98. The van der Waals surface area contributed by atoms with Gasteiger partial charge in [0, 0.05) is 10.8 Å². The third-order valence-electron chi connectivity index (χ3n) is 2.61. The number of phenolic OH excluding ortho intramolecular Hbond substituents is 1. The number of aromatic hydroxyl groups is 1. The van der Waals surface area contributed by atoms with Crippen molar-refractivity contribution >= 4 is 20.8 Å². The fraction of sp³-hybridized carbons (Fsp3) is 0.167. The number of hydrogen-bond acceptors (Lipinski definition) is 3. The van der Waals surface area contributed by atoms with Crippen LogP contribution in [0.2, 0.25) is 0 Å². The Labute approximate surface area is 112 Å². The summed E-state index contributed by atoms with van der Waals surface area (Å²) in [6, 6.07) is 8.21. The van der Waals surface area contributed by atoms with E-state index in [2.05, 4.69) is 0 Å². The Kier molecular flexibility index (Phi) is 3.61. The van der Waals surface area contributed by atoms with E-state index in [1.54, 1.807) is 6.07 Å². The van der Waals surface area contributed by atoms with Crippen LogP contribution >= 0.6 is 0 Å². The minimum atomic E-state index is -4.64. The van der Waals surface area contributed by atoms with Crippen molar-refractivity contribution in [2.45, 2.75) is 11.1 Å². The minimum Gasteiger partial charge on any atom is -0.507 e. The second-order valence-electron chi connectivity index (χ2n) is 4.07. The second-order valence-corrected chi connectivity index (χ2v) is 5.80. The molecule has 0 aliphatic carbocycles. The van der Waals surface area contributed by atoms with E-state index >= 15 is 0 Å². The van der Waals surface area contributed by atoms with Crippen molar-refractivity contribution < 1.29 is 26.7 Å². The van der Waals surface area contributed by atoms with Gasteiger partial charge in [0.1, 0.15) is 12.3 Å². The van der Waals surface area contributed by atoms with Gasteiger partial charge in [-0.2, -0.15) is 13.2 Å². The van der Waals surface area contributed by atoms with Crippen molar-refractivity contribution in [3.63, 3.8) is 0 Å². The summed E-state index contributed by atoms with van der Waals surface area (Å²) in [5, 5.41) is 10.0. The molecule has 2 aromatic carbocycles. The van der Waals surface area contributed by atoms with E-state index in [1.807, 2.05) is 0 Å². The van der Waals surface area contributed by atoms with Gasteiger partial charge in [-0.1, -0.05) is 24.3 Å². The molecule has 0 aliphatic rings. The van der Waals surface area contributed by atoms with E-state index in [1.165, 1.54) is 22.9 Å². The molecule has 0 bridgehead atoms. The van der Waals surface area contributed by atoms with Crippen molar-refractivity contribution in [2.24, 2.45) is 0 Å². The van der Waals surface area contributed by atoms with Crippen LogP contribution in [0.3, 0.4) is 0 Å². The molecule has 2 N–H and O–H groups in total. The molecule has 0 fully saturated rings. The molecule has 0 aliphatic heterocycles. The van der Waals surface area contributed by atoms with Gasteiger partial charge in [0.15, 0.2) is 0 Å². The van der Waals surface area contributed by atoms with Crippen LogP contribution in [0.1, 0.15) is 0 Å². The largest absolute Gasteiger partial charge is 0.507 e. The molecular formula is C12H10F3NO3S. The summed E-state index contributed by atoms with van der Waals surface area (Å²) >= 11 is 0. The van der Waals surface area contributed by atoms with Crippen molar-refractivity contribution in [3.05, 3.63) is 36.4 Å². The number of nitrogens with one attached hydrogen (secondary N) is 1. The van der Waals surface area contributed by atoms with Gasteiger partial charge in [0.2, 0.25) is 10.0 Å². The number of alkyl halides is 3. The highest BCUT2D eigenvalue weighted by molar-refractivity contribution is 7.89. The molecule has 0 aromatic heterocycles. The molecule has 8 heteroatoms. The molecule has 0 radical (unpaired) electrons. The number of rotatable bonds is 3. The maximum absolute atomic E-state index is 12.1. The second kappa shape index (κ2) is 4.95. The first-order valence-corrected chi connectivity index (χ1v) is 6.96. The third kappa shape index (κ3) is 3.02. The van der Waals surface area contributed by atoms with Crippen LogP contribution in [0.25, 0.3) is 10.8 Å². The highest BCUT2D eigenvalue weighted by Crippen LogP contribution is 2.30. The zero-order chi connectivity index (χ0) is 15.0. The molecular weight excluding hydrogens is 295 g/mol. The molecule has 2 rings (SSSR count). The minimum absolute atomic E-state index is 0.143. The standard InChI is InChI=1S/C12H10F3NO3S/c13-12(14,15)7-16-20(18,19)11-6-5-10(17)8-3-1-2-4-9(8)11/h1-6,16-17H,7H2. The monoisotopic (exact) mass is 305 g/mol. The summed E-state index contributed by atoms with van der Waals surface area (Å²) in [7, 11) is -4.32. The molecule has 0 amide bonds. The predicted molar refractivity (Wildman–Crippen MR) is 66.9 cm³/mol. The Morgan fingerprint density at radius 3 is 2.25 bits per heavy atom. The number of fused-ring (bicyclic) bond motifs is 1. The predicted octanol–water partition coefficient (Wildman–Crippen LogP) is 2.39. The summed E-state index contributed by atoms with van der Waals surface area (Å²) < 4.78 is 61.7. The zero-order valence-corrected chi connectivity index (χ0v) is 10.8. The van der Waals surface area contributed by atoms with Crippen molar-refractivity contribution in [2.75, 3.05) is 6.54 Å². The van der Waals surface area contributed by atoms with E-state index in [0.717, 1.165) is 12.1 Å². The first kappa shape index (κ1) is 14.6. The van der Waals surface area contributed by atoms with Crippen LogP contribution in [-0.2, 0) is 10.0 Å². The molecule has 0 unspecified atom stereocenters. The van der Waals surface area contributed by atoms with Crippen molar-refractivity contribution in [1.29, 1.82) is 0 Å². The van der Waals surface area contributed by atoms with Gasteiger partial charge in [-0.25, -0.2) is 13.1 Å². The molecule has 108 valence electrons. The molecule has 0 spiro atoms. The maximum Gasteiger partial charge on any atom is 0.402 e. The summed E-state index contributed by atoms with van der Waals surface area (Å²) in [6.07, 6.45) is -4.64. The summed E-state index contributed by atoms with van der Waals surface area (Å²) in [5.41, 5.74) is 0. The first-order chi connectivity index (χ1) is 9.21. The van der Waals surface area contributed by atoms with E-state index in [0.29, 0.717) is 0 Å². The van der Waals surface area contributed by atoms with Crippen molar-refractivity contribution in [1.82, 2.24) is 4.72 Å². The lowest BCUT2D eigenvalue weighted by Gasteiger charge is -2.11. The van der Waals surface area contributed by atoms with Gasteiger partial charge in [0.05, 0.1) is 4.90 Å². The Bertz CT molecular complexity index is 741. The molecule has 4 nitrogen and oxygen atoms in total.